The molecule has 0 aromatic carbocycles. The van der Waals surface area contributed by atoms with Gasteiger partial charge in [-0.1, -0.05) is 13.8 Å². The zero-order valence-electron chi connectivity index (χ0n) is 9.46. The summed E-state index contributed by atoms with van der Waals surface area (Å²) in [6.45, 7) is 10.8. The topological polar surface area (TPSA) is 3.24 Å². The highest BCUT2D eigenvalue weighted by Crippen LogP contribution is 2.45. The second-order valence-corrected chi connectivity index (χ2v) is 5.58. The molecule has 2 bridgehead atoms. The number of hydrogen-bond acceptors (Lipinski definition) is 1. The Hall–Kier alpha value is -0.0400. The minimum absolute atomic E-state index is 0.767. The van der Waals surface area contributed by atoms with Crippen LogP contribution >= 0.6 is 0 Å². The van der Waals surface area contributed by atoms with E-state index >= 15 is 0 Å². The summed E-state index contributed by atoms with van der Waals surface area (Å²) < 4.78 is 0. The summed E-state index contributed by atoms with van der Waals surface area (Å²) in [6.07, 6.45) is 2.96. The van der Waals surface area contributed by atoms with Gasteiger partial charge in [0.15, 0.2) is 0 Å². The minimum Gasteiger partial charge on any atom is -0.298 e. The lowest BCUT2D eigenvalue weighted by molar-refractivity contribution is 0.120. The maximum Gasteiger partial charge on any atom is 0.0104 e. The average Bonchev–Trinajstić information content (AvgIpc) is 2.60. The highest BCUT2D eigenvalue weighted by atomic mass is 15.2. The molecular weight excluding hydrogens is 158 g/mol. The Balaban J connectivity index is 1.99. The van der Waals surface area contributed by atoms with Crippen LogP contribution in [0.2, 0.25) is 0 Å². The summed E-state index contributed by atoms with van der Waals surface area (Å²) >= 11 is 0. The third kappa shape index (κ3) is 1.52. The maximum atomic E-state index is 2.71. The number of hydrogen-bond donors (Lipinski definition) is 0. The van der Waals surface area contributed by atoms with Crippen LogP contribution in [0.5, 0.6) is 0 Å². The van der Waals surface area contributed by atoms with Gasteiger partial charge in [-0.05, 0) is 44.4 Å². The molecule has 0 aromatic heterocycles. The van der Waals surface area contributed by atoms with Crippen molar-refractivity contribution in [1.82, 2.24) is 4.90 Å². The SMILES string of the molecule is CC(C)C1C[C@@H]2C[C@H]1CN2C(C)C. The van der Waals surface area contributed by atoms with Gasteiger partial charge in [0.25, 0.3) is 0 Å². The summed E-state index contributed by atoms with van der Waals surface area (Å²) in [5.74, 6) is 2.96. The van der Waals surface area contributed by atoms with Crippen molar-refractivity contribution in [3.63, 3.8) is 0 Å². The first-order valence-corrected chi connectivity index (χ1v) is 5.85. The van der Waals surface area contributed by atoms with Gasteiger partial charge in [-0.25, -0.2) is 0 Å². The Labute approximate surface area is 82.5 Å². The van der Waals surface area contributed by atoms with E-state index in [1.54, 1.807) is 0 Å². The molecule has 2 rings (SSSR count). The van der Waals surface area contributed by atoms with Crippen molar-refractivity contribution in [1.29, 1.82) is 0 Å². The molecule has 1 heterocycles. The van der Waals surface area contributed by atoms with E-state index in [2.05, 4.69) is 32.6 Å². The van der Waals surface area contributed by atoms with Gasteiger partial charge in [0.2, 0.25) is 0 Å². The van der Waals surface area contributed by atoms with E-state index in [1.165, 1.54) is 19.4 Å². The van der Waals surface area contributed by atoms with Crippen molar-refractivity contribution in [3.8, 4) is 0 Å². The first kappa shape index (κ1) is 9.51. The molecule has 2 fully saturated rings. The van der Waals surface area contributed by atoms with Crippen molar-refractivity contribution in [2.75, 3.05) is 6.54 Å². The number of likely N-dealkylation sites (tertiary alicyclic amines) is 1. The fraction of sp³-hybridized carbons (Fsp3) is 1.00. The van der Waals surface area contributed by atoms with Gasteiger partial charge in [0.1, 0.15) is 0 Å². The van der Waals surface area contributed by atoms with E-state index in [0.717, 1.165) is 29.8 Å². The van der Waals surface area contributed by atoms with Crippen molar-refractivity contribution in [2.24, 2.45) is 17.8 Å². The number of piperidine rings is 1. The normalized spacial score (nSPS) is 39.7. The Morgan fingerprint density at radius 2 is 1.77 bits per heavy atom. The van der Waals surface area contributed by atoms with Gasteiger partial charge < -0.3 is 0 Å². The van der Waals surface area contributed by atoms with E-state index in [1.807, 2.05) is 0 Å². The van der Waals surface area contributed by atoms with Gasteiger partial charge in [-0.2, -0.15) is 0 Å². The molecule has 0 amide bonds. The summed E-state index contributed by atoms with van der Waals surface area (Å²) in [6, 6.07) is 1.69. The Morgan fingerprint density at radius 3 is 2.15 bits per heavy atom. The fourth-order valence-corrected chi connectivity index (χ4v) is 3.48. The van der Waals surface area contributed by atoms with Crippen LogP contribution in [0.3, 0.4) is 0 Å². The molecule has 76 valence electrons. The number of nitrogens with zero attached hydrogens (tertiary/aromatic N) is 1. The molecule has 2 aliphatic rings. The molecule has 1 unspecified atom stereocenters. The maximum absolute atomic E-state index is 2.71. The molecular formula is C12H23N. The van der Waals surface area contributed by atoms with Gasteiger partial charge >= 0.3 is 0 Å². The molecule has 1 saturated heterocycles. The monoisotopic (exact) mass is 181 g/mol. The van der Waals surface area contributed by atoms with Gasteiger partial charge in [-0.15, -0.1) is 0 Å². The molecule has 1 aliphatic carbocycles. The van der Waals surface area contributed by atoms with Crippen LogP contribution in [0.25, 0.3) is 0 Å². The Bertz CT molecular complexity index is 166. The van der Waals surface area contributed by atoms with Gasteiger partial charge in [-0.3, -0.25) is 4.90 Å². The fourth-order valence-electron chi connectivity index (χ4n) is 3.48. The van der Waals surface area contributed by atoms with Crippen molar-refractivity contribution < 1.29 is 0 Å². The lowest BCUT2D eigenvalue weighted by atomic mass is 9.84. The molecule has 1 heteroatoms. The second kappa shape index (κ2) is 3.27. The lowest BCUT2D eigenvalue weighted by Crippen LogP contribution is -2.41. The summed E-state index contributed by atoms with van der Waals surface area (Å²) in [5.41, 5.74) is 0. The first-order valence-electron chi connectivity index (χ1n) is 5.85. The van der Waals surface area contributed by atoms with Crippen LogP contribution in [0.4, 0.5) is 0 Å². The Morgan fingerprint density at radius 1 is 1.08 bits per heavy atom. The van der Waals surface area contributed by atoms with Crippen LogP contribution in [0, 0.1) is 17.8 Å². The van der Waals surface area contributed by atoms with Crippen LogP contribution in [0.1, 0.15) is 40.5 Å². The molecule has 1 saturated carbocycles. The summed E-state index contributed by atoms with van der Waals surface area (Å²) in [4.78, 5) is 2.71. The molecule has 0 aromatic rings. The smallest absolute Gasteiger partial charge is 0.0104 e. The molecule has 0 radical (unpaired) electrons. The van der Waals surface area contributed by atoms with E-state index in [4.69, 9.17) is 0 Å². The highest BCUT2D eigenvalue weighted by Gasteiger charge is 2.45. The van der Waals surface area contributed by atoms with Crippen molar-refractivity contribution in [2.45, 2.75) is 52.6 Å². The van der Waals surface area contributed by atoms with Crippen LogP contribution in [-0.4, -0.2) is 23.5 Å². The van der Waals surface area contributed by atoms with Crippen LogP contribution in [-0.2, 0) is 0 Å². The quantitative estimate of drug-likeness (QED) is 0.633. The lowest BCUT2D eigenvalue weighted by Gasteiger charge is -2.35. The van der Waals surface area contributed by atoms with Crippen LogP contribution in [0.15, 0.2) is 0 Å². The van der Waals surface area contributed by atoms with E-state index in [9.17, 15) is 0 Å². The van der Waals surface area contributed by atoms with Crippen LogP contribution < -0.4 is 0 Å². The van der Waals surface area contributed by atoms with Crippen molar-refractivity contribution in [3.05, 3.63) is 0 Å². The van der Waals surface area contributed by atoms with Crippen molar-refractivity contribution >= 4 is 0 Å². The molecule has 1 aliphatic heterocycles. The number of rotatable bonds is 2. The third-order valence-corrected chi connectivity index (χ3v) is 4.16. The van der Waals surface area contributed by atoms with E-state index in [0.29, 0.717) is 0 Å². The molecule has 3 atom stereocenters. The summed E-state index contributed by atoms with van der Waals surface area (Å²) in [5, 5.41) is 0. The Kier molecular flexibility index (Phi) is 2.39. The van der Waals surface area contributed by atoms with Gasteiger partial charge in [0, 0.05) is 18.6 Å². The van der Waals surface area contributed by atoms with E-state index < -0.39 is 0 Å². The largest absolute Gasteiger partial charge is 0.298 e. The van der Waals surface area contributed by atoms with Gasteiger partial charge in [0.05, 0.1) is 0 Å². The molecule has 1 nitrogen and oxygen atoms in total. The first-order chi connectivity index (χ1) is 6.09. The predicted molar refractivity (Wildman–Crippen MR) is 56.7 cm³/mol. The third-order valence-electron chi connectivity index (χ3n) is 4.16. The molecule has 13 heavy (non-hydrogen) atoms. The zero-order valence-corrected chi connectivity index (χ0v) is 9.46. The second-order valence-electron chi connectivity index (χ2n) is 5.58. The molecule has 0 spiro atoms. The summed E-state index contributed by atoms with van der Waals surface area (Å²) in [7, 11) is 0. The number of fused-ring (bicyclic) bond motifs is 2. The standard InChI is InChI=1S/C12H23N/c1-8(2)12-6-11-5-10(12)7-13(11)9(3)4/h8-12H,5-7H2,1-4H3/t10-,11-,12?/m0/s1. The minimum atomic E-state index is 0.767. The average molecular weight is 181 g/mol. The predicted octanol–water partition coefficient (Wildman–Crippen LogP) is 2.76. The zero-order chi connectivity index (χ0) is 9.59. The van der Waals surface area contributed by atoms with E-state index in [-0.39, 0.29) is 0 Å². The molecule has 0 N–H and O–H groups in total. The highest BCUT2D eigenvalue weighted by molar-refractivity contribution is 4.98.